The van der Waals surface area contributed by atoms with Crippen molar-refractivity contribution in [3.8, 4) is 0 Å². The summed E-state index contributed by atoms with van der Waals surface area (Å²) >= 11 is 0. The highest BCUT2D eigenvalue weighted by molar-refractivity contribution is 5.80. The molecule has 0 spiro atoms. The predicted octanol–water partition coefficient (Wildman–Crippen LogP) is 2.26. The van der Waals surface area contributed by atoms with Crippen LogP contribution in [-0.4, -0.2) is 53.9 Å². The summed E-state index contributed by atoms with van der Waals surface area (Å²) in [4.78, 5) is 6.75. The summed E-state index contributed by atoms with van der Waals surface area (Å²) in [6, 6.07) is 0. The Labute approximate surface area is 144 Å². The average Bonchev–Trinajstić information content (AvgIpc) is 3.06. The van der Waals surface area contributed by atoms with Crippen molar-refractivity contribution in [1.29, 1.82) is 0 Å². The van der Waals surface area contributed by atoms with Gasteiger partial charge in [0.2, 0.25) is 0 Å². The maximum Gasteiger partial charge on any atom is 0.193 e. The zero-order valence-electron chi connectivity index (χ0n) is 14.9. The fraction of sp³-hybridized carbons (Fsp3) is 0.667. The Hall–Kier alpha value is -1.82. The summed E-state index contributed by atoms with van der Waals surface area (Å²) in [5.41, 5.74) is 2.73. The first-order valence-electron chi connectivity index (χ1n) is 9.00. The van der Waals surface area contributed by atoms with Gasteiger partial charge in [0.1, 0.15) is 6.10 Å². The van der Waals surface area contributed by atoms with Crippen LogP contribution in [0, 0.1) is 0 Å². The Bertz CT molecular complexity index is 592. The first-order chi connectivity index (χ1) is 11.8. The van der Waals surface area contributed by atoms with E-state index >= 15 is 0 Å². The highest BCUT2D eigenvalue weighted by atomic mass is 16.5. The van der Waals surface area contributed by atoms with Crippen LogP contribution in [0.3, 0.4) is 0 Å². The molecule has 24 heavy (non-hydrogen) atoms. The Kier molecular flexibility index (Phi) is 5.91. The van der Waals surface area contributed by atoms with E-state index in [9.17, 15) is 0 Å². The first kappa shape index (κ1) is 17.0. The SMILES string of the molecule is CN=C(NCCC1=CCCCC1)N1CCOC(c2cnn(C)c2)C1. The quantitative estimate of drug-likeness (QED) is 0.522. The second-order valence-corrected chi connectivity index (χ2v) is 6.58. The zero-order valence-corrected chi connectivity index (χ0v) is 14.9. The lowest BCUT2D eigenvalue weighted by Crippen LogP contribution is -2.48. The lowest BCUT2D eigenvalue weighted by molar-refractivity contribution is -0.00801. The number of rotatable bonds is 4. The fourth-order valence-corrected chi connectivity index (χ4v) is 3.45. The molecule has 1 fully saturated rings. The average molecular weight is 331 g/mol. The van der Waals surface area contributed by atoms with Crippen LogP contribution in [0.25, 0.3) is 0 Å². The number of hydrogen-bond acceptors (Lipinski definition) is 3. The molecule has 1 saturated heterocycles. The van der Waals surface area contributed by atoms with Crippen molar-refractivity contribution >= 4 is 5.96 Å². The molecule has 0 bridgehead atoms. The first-order valence-corrected chi connectivity index (χ1v) is 9.00. The van der Waals surface area contributed by atoms with Crippen molar-refractivity contribution in [2.45, 2.75) is 38.2 Å². The molecule has 1 aliphatic carbocycles. The highest BCUT2D eigenvalue weighted by Crippen LogP contribution is 2.22. The van der Waals surface area contributed by atoms with Crippen LogP contribution in [0.4, 0.5) is 0 Å². The van der Waals surface area contributed by atoms with Crippen molar-refractivity contribution in [1.82, 2.24) is 20.0 Å². The van der Waals surface area contributed by atoms with Crippen LogP contribution in [0.15, 0.2) is 29.0 Å². The molecule has 3 rings (SSSR count). The standard InChI is InChI=1S/C18H29N5O/c1-19-18(20-9-8-15-6-4-3-5-7-15)23-10-11-24-17(14-23)16-12-21-22(2)13-16/h6,12-13,17H,3-5,7-11,14H2,1-2H3,(H,19,20). The molecular weight excluding hydrogens is 302 g/mol. The maximum atomic E-state index is 5.91. The number of aromatic nitrogens is 2. The summed E-state index contributed by atoms with van der Waals surface area (Å²) in [5.74, 6) is 0.976. The zero-order chi connectivity index (χ0) is 16.8. The van der Waals surface area contributed by atoms with Gasteiger partial charge < -0.3 is 15.0 Å². The van der Waals surface area contributed by atoms with E-state index in [1.807, 2.05) is 31.2 Å². The van der Waals surface area contributed by atoms with E-state index in [1.54, 1.807) is 5.57 Å². The van der Waals surface area contributed by atoms with Gasteiger partial charge in [-0.25, -0.2) is 0 Å². The van der Waals surface area contributed by atoms with Gasteiger partial charge in [-0.15, -0.1) is 0 Å². The summed E-state index contributed by atoms with van der Waals surface area (Å²) < 4.78 is 7.74. The number of aliphatic imine (C=N–C) groups is 1. The Morgan fingerprint density at radius 2 is 2.38 bits per heavy atom. The lowest BCUT2D eigenvalue weighted by Gasteiger charge is -2.34. The number of nitrogens with zero attached hydrogens (tertiary/aromatic N) is 4. The number of nitrogens with one attached hydrogen (secondary N) is 1. The second kappa shape index (κ2) is 8.33. The van der Waals surface area contributed by atoms with E-state index in [0.29, 0.717) is 6.61 Å². The molecule has 0 radical (unpaired) electrons. The van der Waals surface area contributed by atoms with Crippen molar-refractivity contribution < 1.29 is 4.74 Å². The third kappa shape index (κ3) is 4.38. The number of hydrogen-bond donors (Lipinski definition) is 1. The molecule has 132 valence electrons. The van der Waals surface area contributed by atoms with Gasteiger partial charge in [0.05, 0.1) is 19.3 Å². The second-order valence-electron chi connectivity index (χ2n) is 6.58. The number of morpholine rings is 1. The molecule has 6 heteroatoms. The minimum absolute atomic E-state index is 0.0621. The molecule has 0 aromatic carbocycles. The van der Waals surface area contributed by atoms with Gasteiger partial charge >= 0.3 is 0 Å². The minimum Gasteiger partial charge on any atom is -0.370 e. The predicted molar refractivity (Wildman–Crippen MR) is 96.0 cm³/mol. The van der Waals surface area contributed by atoms with Gasteiger partial charge in [-0.1, -0.05) is 11.6 Å². The van der Waals surface area contributed by atoms with Crippen LogP contribution in [0.5, 0.6) is 0 Å². The lowest BCUT2D eigenvalue weighted by atomic mass is 9.97. The molecule has 1 atom stereocenters. The van der Waals surface area contributed by atoms with Crippen molar-refractivity contribution in [3.63, 3.8) is 0 Å². The van der Waals surface area contributed by atoms with Gasteiger partial charge in [0.25, 0.3) is 0 Å². The summed E-state index contributed by atoms with van der Waals surface area (Å²) in [6.07, 6.45) is 12.7. The van der Waals surface area contributed by atoms with Gasteiger partial charge in [-0.05, 0) is 32.1 Å². The van der Waals surface area contributed by atoms with E-state index in [-0.39, 0.29) is 6.10 Å². The topological polar surface area (TPSA) is 54.7 Å². The molecule has 1 unspecified atom stereocenters. The van der Waals surface area contributed by atoms with Crippen LogP contribution < -0.4 is 5.32 Å². The monoisotopic (exact) mass is 331 g/mol. The number of aryl methyl sites for hydroxylation is 1. The molecule has 2 aliphatic rings. The van der Waals surface area contributed by atoms with Crippen LogP contribution in [-0.2, 0) is 11.8 Å². The minimum atomic E-state index is 0.0621. The largest absolute Gasteiger partial charge is 0.370 e. The molecule has 1 aromatic rings. The van der Waals surface area contributed by atoms with Gasteiger partial charge in [-0.2, -0.15) is 5.10 Å². The molecule has 0 saturated carbocycles. The normalized spacial score (nSPS) is 22.4. The molecule has 1 aliphatic heterocycles. The Morgan fingerprint density at radius 1 is 1.46 bits per heavy atom. The number of ether oxygens (including phenoxy) is 1. The van der Waals surface area contributed by atoms with Crippen LogP contribution in [0.2, 0.25) is 0 Å². The molecule has 0 amide bonds. The molecule has 1 N–H and O–H groups in total. The Balaban J connectivity index is 1.52. The van der Waals surface area contributed by atoms with E-state index in [2.05, 4.69) is 26.4 Å². The fourth-order valence-electron chi connectivity index (χ4n) is 3.45. The number of guanidine groups is 1. The van der Waals surface area contributed by atoms with Crippen molar-refractivity contribution in [3.05, 3.63) is 29.6 Å². The van der Waals surface area contributed by atoms with Crippen molar-refractivity contribution in [2.24, 2.45) is 12.0 Å². The third-order valence-corrected chi connectivity index (χ3v) is 4.79. The highest BCUT2D eigenvalue weighted by Gasteiger charge is 2.25. The van der Waals surface area contributed by atoms with Crippen molar-refractivity contribution in [2.75, 3.05) is 33.3 Å². The number of allylic oxidation sites excluding steroid dienone is 1. The van der Waals surface area contributed by atoms with E-state index < -0.39 is 0 Å². The Morgan fingerprint density at radius 3 is 3.08 bits per heavy atom. The van der Waals surface area contributed by atoms with E-state index in [1.165, 1.54) is 25.7 Å². The molecular formula is C18H29N5O. The van der Waals surface area contributed by atoms with Crippen LogP contribution >= 0.6 is 0 Å². The van der Waals surface area contributed by atoms with E-state index in [4.69, 9.17) is 4.74 Å². The summed E-state index contributed by atoms with van der Waals surface area (Å²) in [5, 5.41) is 7.77. The summed E-state index contributed by atoms with van der Waals surface area (Å²) in [6.45, 7) is 3.35. The van der Waals surface area contributed by atoms with Gasteiger partial charge in [0.15, 0.2) is 5.96 Å². The maximum absolute atomic E-state index is 5.91. The van der Waals surface area contributed by atoms with E-state index in [0.717, 1.165) is 37.6 Å². The summed E-state index contributed by atoms with van der Waals surface area (Å²) in [7, 11) is 3.79. The van der Waals surface area contributed by atoms with Gasteiger partial charge in [0, 0.05) is 38.9 Å². The molecule has 6 nitrogen and oxygen atoms in total. The third-order valence-electron chi connectivity index (χ3n) is 4.79. The van der Waals surface area contributed by atoms with Gasteiger partial charge in [-0.3, -0.25) is 9.67 Å². The smallest absolute Gasteiger partial charge is 0.193 e. The molecule has 2 heterocycles. The van der Waals surface area contributed by atoms with Crippen LogP contribution in [0.1, 0.15) is 43.8 Å². The molecule has 1 aromatic heterocycles.